The summed E-state index contributed by atoms with van der Waals surface area (Å²) in [6, 6.07) is 0. The standard InChI is InChI=1S/C8H15.C4H5.Sn/c1-8(2)6-4-3-5-7-8;1-3-4-2;/h6H,3-5,7H2,1-2H3;1,3-4H,2H2;. The second kappa shape index (κ2) is 5.23. The Balaban J connectivity index is 2.46. The Morgan fingerprint density at radius 3 is 2.77 bits per heavy atom. The van der Waals surface area contributed by atoms with Gasteiger partial charge in [-0.05, 0) is 0 Å². The molecule has 0 amide bonds. The van der Waals surface area contributed by atoms with Gasteiger partial charge in [0.15, 0.2) is 0 Å². The van der Waals surface area contributed by atoms with Gasteiger partial charge in [-0.15, -0.1) is 0 Å². The average molecular weight is 283 g/mol. The van der Waals surface area contributed by atoms with E-state index in [9.17, 15) is 0 Å². The third-order valence-corrected chi connectivity index (χ3v) is 8.34. The first-order valence-corrected chi connectivity index (χ1v) is 8.50. The Hall–Kier alpha value is 0.279. The predicted octanol–water partition coefficient (Wildman–Crippen LogP) is 3.78. The fraction of sp³-hybridized carbons (Fsp3) is 0.667. The van der Waals surface area contributed by atoms with Gasteiger partial charge >= 0.3 is 92.8 Å². The van der Waals surface area contributed by atoms with Gasteiger partial charge in [-0.2, -0.15) is 0 Å². The maximum atomic E-state index is 3.72. The van der Waals surface area contributed by atoms with Crippen LogP contribution in [0, 0.1) is 5.41 Å². The van der Waals surface area contributed by atoms with Gasteiger partial charge < -0.3 is 0 Å². The molecule has 1 heteroatoms. The van der Waals surface area contributed by atoms with Crippen LogP contribution in [0.4, 0.5) is 0 Å². The molecule has 1 fully saturated rings. The van der Waals surface area contributed by atoms with Crippen molar-refractivity contribution >= 4 is 21.1 Å². The van der Waals surface area contributed by atoms with E-state index in [-0.39, 0.29) is 21.1 Å². The molecule has 0 saturated heterocycles. The fourth-order valence-corrected chi connectivity index (χ4v) is 6.17. The molecule has 0 aromatic heterocycles. The van der Waals surface area contributed by atoms with E-state index < -0.39 is 0 Å². The summed E-state index contributed by atoms with van der Waals surface area (Å²) >= 11 is -0.278. The van der Waals surface area contributed by atoms with E-state index in [4.69, 9.17) is 0 Å². The van der Waals surface area contributed by atoms with Crippen molar-refractivity contribution in [1.82, 2.24) is 0 Å². The third kappa shape index (κ3) is 3.49. The summed E-state index contributed by atoms with van der Waals surface area (Å²) < 4.78 is 3.50. The molecule has 1 saturated carbocycles. The normalized spacial score (nSPS) is 27.7. The van der Waals surface area contributed by atoms with Gasteiger partial charge in [-0.3, -0.25) is 0 Å². The molecule has 13 heavy (non-hydrogen) atoms. The van der Waals surface area contributed by atoms with Crippen LogP contribution in [0.3, 0.4) is 0 Å². The van der Waals surface area contributed by atoms with Crippen molar-refractivity contribution in [2.45, 2.75) is 43.5 Å². The Kier molecular flexibility index (Phi) is 4.57. The van der Waals surface area contributed by atoms with E-state index in [2.05, 4.69) is 30.6 Å². The summed E-state index contributed by atoms with van der Waals surface area (Å²) in [4.78, 5) is 0. The molecule has 0 heterocycles. The minimum atomic E-state index is -0.278. The molecule has 0 spiro atoms. The quantitative estimate of drug-likeness (QED) is 0.546. The molecule has 0 bridgehead atoms. The van der Waals surface area contributed by atoms with Crippen LogP contribution in [0.2, 0.25) is 3.93 Å². The molecule has 0 aromatic rings. The van der Waals surface area contributed by atoms with Gasteiger partial charge in [-0.25, -0.2) is 0 Å². The van der Waals surface area contributed by atoms with Crippen molar-refractivity contribution in [2.75, 3.05) is 0 Å². The molecule has 72 valence electrons. The molecule has 1 unspecified atom stereocenters. The van der Waals surface area contributed by atoms with Crippen LogP contribution < -0.4 is 0 Å². The van der Waals surface area contributed by atoms with Gasteiger partial charge in [0.25, 0.3) is 0 Å². The zero-order valence-electron chi connectivity index (χ0n) is 8.84. The summed E-state index contributed by atoms with van der Waals surface area (Å²) in [6.07, 6.45) is 9.92. The van der Waals surface area contributed by atoms with Crippen LogP contribution in [0.5, 0.6) is 0 Å². The van der Waals surface area contributed by atoms with E-state index in [1.807, 2.05) is 6.08 Å². The number of hydrogen-bond donors (Lipinski definition) is 0. The first-order valence-electron chi connectivity index (χ1n) is 5.20. The van der Waals surface area contributed by atoms with Crippen molar-refractivity contribution < 1.29 is 0 Å². The van der Waals surface area contributed by atoms with E-state index in [0.29, 0.717) is 5.41 Å². The van der Waals surface area contributed by atoms with Crippen LogP contribution in [-0.2, 0) is 0 Å². The average Bonchev–Trinajstić information content (AvgIpc) is 2.08. The zero-order chi connectivity index (χ0) is 9.73. The minimum absolute atomic E-state index is 0.278. The molecule has 0 aromatic carbocycles. The van der Waals surface area contributed by atoms with E-state index in [0.717, 1.165) is 3.93 Å². The van der Waals surface area contributed by atoms with Gasteiger partial charge in [0, 0.05) is 0 Å². The number of allylic oxidation sites excluding steroid dienone is 2. The SMILES string of the molecule is C=C/C=[CH]/[Sn][CH]1CCCCC1(C)C. The van der Waals surface area contributed by atoms with Crippen LogP contribution in [-0.4, -0.2) is 21.1 Å². The molecule has 0 nitrogen and oxygen atoms in total. The Morgan fingerprint density at radius 1 is 1.38 bits per heavy atom. The van der Waals surface area contributed by atoms with Crippen molar-refractivity contribution in [2.24, 2.45) is 5.41 Å². The second-order valence-corrected chi connectivity index (χ2v) is 8.44. The summed E-state index contributed by atoms with van der Waals surface area (Å²) in [5, 5.41) is 0. The van der Waals surface area contributed by atoms with Gasteiger partial charge in [0.1, 0.15) is 0 Å². The summed E-state index contributed by atoms with van der Waals surface area (Å²) in [6.45, 7) is 8.64. The molecule has 1 atom stereocenters. The fourth-order valence-electron chi connectivity index (χ4n) is 2.04. The molecule has 1 aliphatic carbocycles. The molecule has 0 aliphatic heterocycles. The molecular formula is C12H20Sn. The van der Waals surface area contributed by atoms with Crippen molar-refractivity contribution in [3.8, 4) is 0 Å². The molecule has 1 rings (SSSR count). The Labute approximate surface area is 92.7 Å². The Bertz CT molecular complexity index is 191. The van der Waals surface area contributed by atoms with Crippen LogP contribution >= 0.6 is 0 Å². The predicted molar refractivity (Wildman–Crippen MR) is 61.1 cm³/mol. The summed E-state index contributed by atoms with van der Waals surface area (Å²) in [5.74, 6) is 0. The van der Waals surface area contributed by atoms with Gasteiger partial charge in [0.2, 0.25) is 0 Å². The van der Waals surface area contributed by atoms with Crippen molar-refractivity contribution in [3.05, 3.63) is 22.8 Å². The summed E-state index contributed by atoms with van der Waals surface area (Å²) in [7, 11) is 0. The molecule has 1 aliphatic rings. The number of rotatable bonds is 3. The molecule has 0 N–H and O–H groups in total. The van der Waals surface area contributed by atoms with E-state index >= 15 is 0 Å². The topological polar surface area (TPSA) is 0 Å². The third-order valence-electron chi connectivity index (χ3n) is 3.04. The molecular weight excluding hydrogens is 263 g/mol. The molecule has 2 radical (unpaired) electrons. The monoisotopic (exact) mass is 284 g/mol. The maximum absolute atomic E-state index is 3.72. The second-order valence-electron chi connectivity index (χ2n) is 4.55. The van der Waals surface area contributed by atoms with Crippen molar-refractivity contribution in [3.63, 3.8) is 0 Å². The van der Waals surface area contributed by atoms with E-state index in [1.54, 1.807) is 0 Å². The van der Waals surface area contributed by atoms with E-state index in [1.165, 1.54) is 25.7 Å². The van der Waals surface area contributed by atoms with Gasteiger partial charge in [-0.1, -0.05) is 0 Å². The summed E-state index contributed by atoms with van der Waals surface area (Å²) in [5.41, 5.74) is 0.635. The number of hydrogen-bond acceptors (Lipinski definition) is 0. The first-order chi connectivity index (χ1) is 6.17. The van der Waals surface area contributed by atoms with Crippen LogP contribution in [0.1, 0.15) is 39.5 Å². The van der Waals surface area contributed by atoms with Crippen LogP contribution in [0.25, 0.3) is 0 Å². The Morgan fingerprint density at radius 2 is 2.15 bits per heavy atom. The van der Waals surface area contributed by atoms with Gasteiger partial charge in [0.05, 0.1) is 0 Å². The first kappa shape index (κ1) is 11.4. The van der Waals surface area contributed by atoms with Crippen molar-refractivity contribution in [1.29, 1.82) is 0 Å². The van der Waals surface area contributed by atoms with Crippen LogP contribution in [0.15, 0.2) is 22.8 Å². The zero-order valence-corrected chi connectivity index (χ0v) is 11.7.